The molecule has 0 saturated heterocycles. The summed E-state index contributed by atoms with van der Waals surface area (Å²) in [6.07, 6.45) is 3.57. The molecule has 9 heteroatoms. The second-order valence-corrected chi connectivity index (χ2v) is 5.80. The van der Waals surface area contributed by atoms with E-state index in [0.29, 0.717) is 29.8 Å². The van der Waals surface area contributed by atoms with Gasteiger partial charge in [-0.15, -0.1) is 5.10 Å². The van der Waals surface area contributed by atoms with Crippen molar-refractivity contribution in [3.8, 4) is 11.4 Å². The molecular formula is C15H17N5O4. The van der Waals surface area contributed by atoms with Crippen molar-refractivity contribution >= 4 is 11.9 Å². The molecule has 0 spiro atoms. The number of nitrogens with one attached hydrogen (secondary N) is 1. The predicted molar refractivity (Wildman–Crippen MR) is 82.0 cm³/mol. The Morgan fingerprint density at radius 1 is 1.42 bits per heavy atom. The Morgan fingerprint density at radius 3 is 2.75 bits per heavy atom. The number of nitrogens with zero attached hydrogens (tertiary/aromatic N) is 4. The van der Waals surface area contributed by atoms with Gasteiger partial charge in [0.25, 0.3) is 5.91 Å². The van der Waals surface area contributed by atoms with Crippen LogP contribution in [0.15, 0.2) is 24.5 Å². The van der Waals surface area contributed by atoms with Crippen molar-refractivity contribution in [1.29, 1.82) is 0 Å². The van der Waals surface area contributed by atoms with Crippen LogP contribution in [0.2, 0.25) is 0 Å². The van der Waals surface area contributed by atoms with Crippen molar-refractivity contribution in [2.24, 2.45) is 0 Å². The minimum Gasteiger partial charge on any atom is -0.494 e. The van der Waals surface area contributed by atoms with Gasteiger partial charge in [0.1, 0.15) is 17.8 Å². The van der Waals surface area contributed by atoms with Gasteiger partial charge in [0.15, 0.2) is 0 Å². The van der Waals surface area contributed by atoms with Crippen LogP contribution in [0.1, 0.15) is 36.0 Å². The summed E-state index contributed by atoms with van der Waals surface area (Å²) in [5, 5.41) is 22.9. The third-order valence-corrected chi connectivity index (χ3v) is 4.22. The summed E-state index contributed by atoms with van der Waals surface area (Å²) in [6.45, 7) is 0. The molecule has 1 fully saturated rings. The zero-order valence-electron chi connectivity index (χ0n) is 13.1. The fourth-order valence-corrected chi connectivity index (χ4v) is 2.83. The molecule has 1 aliphatic rings. The number of aromatic nitrogens is 4. The summed E-state index contributed by atoms with van der Waals surface area (Å²) in [5.41, 5.74) is 0.256. The van der Waals surface area contributed by atoms with Gasteiger partial charge in [-0.1, -0.05) is 0 Å². The van der Waals surface area contributed by atoms with E-state index >= 15 is 0 Å². The molecule has 0 unspecified atom stereocenters. The molecular weight excluding hydrogens is 314 g/mol. The van der Waals surface area contributed by atoms with Crippen molar-refractivity contribution in [2.75, 3.05) is 7.11 Å². The van der Waals surface area contributed by atoms with Crippen LogP contribution in [0.5, 0.6) is 5.75 Å². The van der Waals surface area contributed by atoms with Crippen LogP contribution in [0, 0.1) is 0 Å². The highest BCUT2D eigenvalue weighted by Crippen LogP contribution is 2.35. The maximum absolute atomic E-state index is 12.6. The lowest BCUT2D eigenvalue weighted by atomic mass is 9.74. The highest BCUT2D eigenvalue weighted by atomic mass is 16.5. The highest BCUT2D eigenvalue weighted by molar-refractivity contribution is 5.96. The van der Waals surface area contributed by atoms with E-state index < -0.39 is 11.5 Å². The summed E-state index contributed by atoms with van der Waals surface area (Å²) >= 11 is 0. The maximum atomic E-state index is 12.6. The normalized spacial score (nSPS) is 15.4. The van der Waals surface area contributed by atoms with E-state index in [1.54, 1.807) is 18.2 Å². The van der Waals surface area contributed by atoms with Crippen LogP contribution in [0.25, 0.3) is 5.69 Å². The van der Waals surface area contributed by atoms with Crippen molar-refractivity contribution in [3.05, 3.63) is 30.1 Å². The van der Waals surface area contributed by atoms with E-state index in [-0.39, 0.29) is 12.3 Å². The van der Waals surface area contributed by atoms with Gasteiger partial charge in [0, 0.05) is 5.56 Å². The van der Waals surface area contributed by atoms with Crippen LogP contribution < -0.4 is 10.1 Å². The number of hydrogen-bond donors (Lipinski definition) is 2. The Balaban J connectivity index is 1.85. The van der Waals surface area contributed by atoms with Gasteiger partial charge in [0.05, 0.1) is 19.1 Å². The number of carboxylic acids is 1. The Hall–Kier alpha value is -2.97. The Morgan fingerprint density at radius 2 is 2.21 bits per heavy atom. The molecule has 24 heavy (non-hydrogen) atoms. The Kier molecular flexibility index (Phi) is 4.15. The number of amides is 1. The monoisotopic (exact) mass is 331 g/mol. The number of tetrazole rings is 1. The summed E-state index contributed by atoms with van der Waals surface area (Å²) in [4.78, 5) is 23.6. The van der Waals surface area contributed by atoms with Crippen molar-refractivity contribution in [3.63, 3.8) is 0 Å². The predicted octanol–water partition coefficient (Wildman–Crippen LogP) is 0.798. The van der Waals surface area contributed by atoms with E-state index in [1.165, 1.54) is 18.1 Å². The van der Waals surface area contributed by atoms with Crippen LogP contribution in [0.3, 0.4) is 0 Å². The summed E-state index contributed by atoms with van der Waals surface area (Å²) < 4.78 is 6.66. The first kappa shape index (κ1) is 15.9. The average Bonchev–Trinajstić information content (AvgIpc) is 3.05. The van der Waals surface area contributed by atoms with Crippen molar-refractivity contribution in [1.82, 2.24) is 25.5 Å². The quantitative estimate of drug-likeness (QED) is 0.803. The molecule has 1 saturated carbocycles. The number of hydrogen-bond acceptors (Lipinski definition) is 6. The van der Waals surface area contributed by atoms with E-state index in [0.717, 1.165) is 6.42 Å². The van der Waals surface area contributed by atoms with Gasteiger partial charge in [0.2, 0.25) is 0 Å². The van der Waals surface area contributed by atoms with E-state index in [1.807, 2.05) is 0 Å². The molecule has 0 aliphatic heterocycles. The number of carboxylic acid groups (broad SMARTS) is 1. The molecule has 2 aromatic rings. The van der Waals surface area contributed by atoms with Gasteiger partial charge in [-0.2, -0.15) is 4.68 Å². The van der Waals surface area contributed by atoms with Crippen LogP contribution in [-0.4, -0.2) is 49.8 Å². The number of aliphatic carboxylic acids is 1. The molecule has 126 valence electrons. The molecule has 0 radical (unpaired) electrons. The van der Waals surface area contributed by atoms with Crippen molar-refractivity contribution < 1.29 is 19.4 Å². The fourth-order valence-electron chi connectivity index (χ4n) is 2.83. The van der Waals surface area contributed by atoms with Crippen LogP contribution >= 0.6 is 0 Å². The van der Waals surface area contributed by atoms with Gasteiger partial charge in [-0.3, -0.25) is 9.59 Å². The lowest BCUT2D eigenvalue weighted by molar-refractivity contribution is -0.139. The molecule has 0 bridgehead atoms. The maximum Gasteiger partial charge on any atom is 0.305 e. The van der Waals surface area contributed by atoms with E-state index in [2.05, 4.69) is 20.8 Å². The minimum absolute atomic E-state index is 0.0747. The number of rotatable bonds is 6. The summed E-state index contributed by atoms with van der Waals surface area (Å²) in [5.74, 6) is -0.727. The second kappa shape index (κ2) is 6.26. The topological polar surface area (TPSA) is 119 Å². The zero-order valence-corrected chi connectivity index (χ0v) is 13.1. The second-order valence-electron chi connectivity index (χ2n) is 5.80. The molecule has 0 atom stereocenters. The largest absolute Gasteiger partial charge is 0.494 e. The van der Waals surface area contributed by atoms with Gasteiger partial charge in [-0.05, 0) is 47.9 Å². The standard InChI is InChI=1S/C15H17N5O4/c1-24-12-4-3-10(7-11(12)20-9-16-18-19-20)14(23)17-15(5-2-6-15)8-13(21)22/h3-4,7,9H,2,5-6,8H2,1H3,(H,17,23)(H,21,22). The third kappa shape index (κ3) is 3.05. The highest BCUT2D eigenvalue weighted by Gasteiger charge is 2.40. The number of benzene rings is 1. The molecule has 3 rings (SSSR count). The third-order valence-electron chi connectivity index (χ3n) is 4.22. The zero-order chi connectivity index (χ0) is 17.2. The van der Waals surface area contributed by atoms with Gasteiger partial charge < -0.3 is 15.2 Å². The van der Waals surface area contributed by atoms with Gasteiger partial charge in [-0.25, -0.2) is 0 Å². The first-order valence-electron chi connectivity index (χ1n) is 7.49. The van der Waals surface area contributed by atoms with Crippen LogP contribution in [-0.2, 0) is 4.79 Å². The molecule has 1 aromatic carbocycles. The lowest BCUT2D eigenvalue weighted by Gasteiger charge is -2.41. The molecule has 2 N–H and O–H groups in total. The molecule has 1 heterocycles. The first-order chi connectivity index (χ1) is 11.5. The number of ether oxygens (including phenoxy) is 1. The van der Waals surface area contributed by atoms with Crippen molar-refractivity contribution in [2.45, 2.75) is 31.2 Å². The SMILES string of the molecule is COc1ccc(C(=O)NC2(CC(=O)O)CCC2)cc1-n1cnnn1. The fraction of sp³-hybridized carbons (Fsp3) is 0.400. The van der Waals surface area contributed by atoms with E-state index in [4.69, 9.17) is 9.84 Å². The minimum atomic E-state index is -0.917. The lowest BCUT2D eigenvalue weighted by Crippen LogP contribution is -2.54. The first-order valence-corrected chi connectivity index (χ1v) is 7.49. The molecule has 9 nitrogen and oxygen atoms in total. The Labute approximate surface area is 137 Å². The van der Waals surface area contributed by atoms with E-state index in [9.17, 15) is 9.59 Å². The number of carbonyl (C=O) groups is 2. The molecule has 1 aromatic heterocycles. The summed E-state index contributed by atoms with van der Waals surface area (Å²) in [6, 6.07) is 4.88. The average molecular weight is 331 g/mol. The Bertz CT molecular complexity index is 755. The van der Waals surface area contributed by atoms with Gasteiger partial charge >= 0.3 is 5.97 Å². The number of carbonyl (C=O) groups excluding carboxylic acids is 1. The molecule has 1 aliphatic carbocycles. The number of methoxy groups -OCH3 is 1. The molecule has 1 amide bonds. The summed E-state index contributed by atoms with van der Waals surface area (Å²) in [7, 11) is 1.51. The van der Waals surface area contributed by atoms with Crippen LogP contribution in [0.4, 0.5) is 0 Å². The smallest absolute Gasteiger partial charge is 0.305 e.